The van der Waals surface area contributed by atoms with Crippen molar-refractivity contribution in [1.29, 1.82) is 0 Å². The summed E-state index contributed by atoms with van der Waals surface area (Å²) in [7, 11) is 0. The summed E-state index contributed by atoms with van der Waals surface area (Å²) in [6, 6.07) is 6.99. The summed E-state index contributed by atoms with van der Waals surface area (Å²) in [6.45, 7) is 4.76. The molecule has 4 heteroatoms. The lowest BCUT2D eigenvalue weighted by molar-refractivity contribution is 0.231. The number of fused-ring (bicyclic) bond motifs is 1. The second-order valence-electron chi connectivity index (χ2n) is 5.15. The molecule has 0 bridgehead atoms. The van der Waals surface area contributed by atoms with Crippen LogP contribution in [-0.2, 0) is 5.33 Å². The lowest BCUT2D eigenvalue weighted by Crippen LogP contribution is -2.50. The number of anilines is 1. The number of hydrogen-bond acceptors (Lipinski definition) is 2. The van der Waals surface area contributed by atoms with Crippen molar-refractivity contribution >= 4 is 33.2 Å². The number of nitrogens with zero attached hydrogens (tertiary/aromatic N) is 2. The molecule has 0 aliphatic carbocycles. The zero-order valence-corrected chi connectivity index (χ0v) is 12.8. The SMILES string of the molecule is Clc1cccc(N2CCN3CCCC3C2)c1CBr. The van der Waals surface area contributed by atoms with E-state index in [-0.39, 0.29) is 0 Å². The first-order valence-corrected chi connectivity index (χ1v) is 8.12. The van der Waals surface area contributed by atoms with Crippen LogP contribution in [-0.4, -0.2) is 37.1 Å². The third kappa shape index (κ3) is 2.28. The van der Waals surface area contributed by atoms with Gasteiger partial charge in [0.2, 0.25) is 0 Å². The maximum absolute atomic E-state index is 6.29. The molecule has 0 saturated carbocycles. The van der Waals surface area contributed by atoms with Crippen LogP contribution in [0.2, 0.25) is 5.02 Å². The Hall–Kier alpha value is -0.250. The fourth-order valence-electron chi connectivity index (χ4n) is 3.19. The number of piperazine rings is 1. The second-order valence-corrected chi connectivity index (χ2v) is 6.12. The minimum atomic E-state index is 0.751. The Morgan fingerprint density at radius 3 is 3.00 bits per heavy atom. The molecule has 2 nitrogen and oxygen atoms in total. The smallest absolute Gasteiger partial charge is 0.0467 e. The van der Waals surface area contributed by atoms with Gasteiger partial charge in [-0.15, -0.1) is 0 Å². The van der Waals surface area contributed by atoms with Crippen molar-refractivity contribution in [2.75, 3.05) is 31.1 Å². The molecular formula is C14H18BrClN2. The molecule has 0 radical (unpaired) electrons. The number of halogens is 2. The highest BCUT2D eigenvalue weighted by Gasteiger charge is 2.31. The van der Waals surface area contributed by atoms with Crippen LogP contribution in [0.4, 0.5) is 5.69 Å². The first-order valence-electron chi connectivity index (χ1n) is 6.62. The largest absolute Gasteiger partial charge is 0.368 e. The molecule has 0 amide bonds. The zero-order valence-electron chi connectivity index (χ0n) is 10.4. The fourth-order valence-corrected chi connectivity index (χ4v) is 4.17. The maximum atomic E-state index is 6.29. The van der Waals surface area contributed by atoms with Crippen molar-refractivity contribution in [1.82, 2.24) is 4.90 Å². The molecule has 2 aliphatic heterocycles. The third-order valence-corrected chi connectivity index (χ3v) is 5.07. The van der Waals surface area contributed by atoms with Crippen LogP contribution in [0.25, 0.3) is 0 Å². The molecule has 2 saturated heterocycles. The first kappa shape index (κ1) is 12.8. The Morgan fingerprint density at radius 2 is 2.17 bits per heavy atom. The zero-order chi connectivity index (χ0) is 12.5. The van der Waals surface area contributed by atoms with Crippen molar-refractivity contribution in [2.24, 2.45) is 0 Å². The average Bonchev–Trinajstić information content (AvgIpc) is 2.85. The van der Waals surface area contributed by atoms with Gasteiger partial charge in [-0.1, -0.05) is 33.6 Å². The Kier molecular flexibility index (Phi) is 3.83. The van der Waals surface area contributed by atoms with Crippen molar-refractivity contribution in [3.63, 3.8) is 0 Å². The summed E-state index contributed by atoms with van der Waals surface area (Å²) in [5.74, 6) is 0. The summed E-state index contributed by atoms with van der Waals surface area (Å²) < 4.78 is 0. The van der Waals surface area contributed by atoms with Crippen LogP contribution in [0.5, 0.6) is 0 Å². The van der Waals surface area contributed by atoms with Gasteiger partial charge in [0.05, 0.1) is 0 Å². The highest BCUT2D eigenvalue weighted by molar-refractivity contribution is 9.08. The minimum Gasteiger partial charge on any atom is -0.368 e. The van der Waals surface area contributed by atoms with Gasteiger partial charge in [-0.2, -0.15) is 0 Å². The van der Waals surface area contributed by atoms with E-state index in [0.29, 0.717) is 0 Å². The second kappa shape index (κ2) is 5.40. The highest BCUT2D eigenvalue weighted by Crippen LogP contribution is 2.32. The van der Waals surface area contributed by atoms with Gasteiger partial charge in [0.15, 0.2) is 0 Å². The summed E-state index contributed by atoms with van der Waals surface area (Å²) in [5.41, 5.74) is 2.54. The summed E-state index contributed by atoms with van der Waals surface area (Å²) in [5, 5.41) is 1.70. The summed E-state index contributed by atoms with van der Waals surface area (Å²) >= 11 is 9.85. The minimum absolute atomic E-state index is 0.751. The van der Waals surface area contributed by atoms with E-state index in [0.717, 1.165) is 29.5 Å². The van der Waals surface area contributed by atoms with E-state index >= 15 is 0 Å². The Labute approximate surface area is 122 Å². The molecular weight excluding hydrogens is 312 g/mol. The lowest BCUT2D eigenvalue weighted by atomic mass is 10.1. The Morgan fingerprint density at radius 1 is 1.28 bits per heavy atom. The van der Waals surface area contributed by atoms with E-state index in [4.69, 9.17) is 11.6 Å². The fraction of sp³-hybridized carbons (Fsp3) is 0.571. The molecule has 98 valence electrons. The lowest BCUT2D eigenvalue weighted by Gasteiger charge is -2.39. The summed E-state index contributed by atoms with van der Waals surface area (Å²) in [6.07, 6.45) is 2.71. The standard InChI is InChI=1S/C14H18BrClN2/c15-9-12-13(16)4-1-5-14(12)18-8-7-17-6-2-3-11(17)10-18/h1,4-5,11H,2-3,6-10H2. The number of benzene rings is 1. The predicted octanol–water partition coefficient (Wildman–Crippen LogP) is 3.52. The van der Waals surface area contributed by atoms with E-state index in [1.165, 1.54) is 37.2 Å². The van der Waals surface area contributed by atoms with Crippen LogP contribution >= 0.6 is 27.5 Å². The maximum Gasteiger partial charge on any atom is 0.0467 e. The highest BCUT2D eigenvalue weighted by atomic mass is 79.9. The van der Waals surface area contributed by atoms with E-state index in [9.17, 15) is 0 Å². The Balaban J connectivity index is 1.84. The molecule has 1 unspecified atom stereocenters. The van der Waals surface area contributed by atoms with Gasteiger partial charge in [-0.25, -0.2) is 0 Å². The normalized spacial score (nSPS) is 24.3. The topological polar surface area (TPSA) is 6.48 Å². The van der Waals surface area contributed by atoms with Gasteiger partial charge in [-0.3, -0.25) is 4.90 Å². The number of rotatable bonds is 2. The first-order chi connectivity index (χ1) is 8.79. The van der Waals surface area contributed by atoms with Crippen LogP contribution < -0.4 is 4.90 Å². The molecule has 0 N–H and O–H groups in total. The van der Waals surface area contributed by atoms with Crippen LogP contribution in [0.1, 0.15) is 18.4 Å². The molecule has 3 rings (SSSR count). The van der Waals surface area contributed by atoms with Gasteiger partial charge in [0, 0.05) is 47.3 Å². The molecule has 0 aromatic heterocycles. The molecule has 1 aromatic rings. The predicted molar refractivity (Wildman–Crippen MR) is 80.9 cm³/mol. The third-order valence-electron chi connectivity index (χ3n) is 4.16. The van der Waals surface area contributed by atoms with Gasteiger partial charge in [0.25, 0.3) is 0 Å². The molecule has 0 spiro atoms. The van der Waals surface area contributed by atoms with E-state index in [2.05, 4.69) is 37.9 Å². The monoisotopic (exact) mass is 328 g/mol. The van der Waals surface area contributed by atoms with Gasteiger partial charge in [-0.05, 0) is 31.5 Å². The molecule has 2 heterocycles. The van der Waals surface area contributed by atoms with Crippen LogP contribution in [0.3, 0.4) is 0 Å². The summed E-state index contributed by atoms with van der Waals surface area (Å²) in [4.78, 5) is 5.14. The average molecular weight is 330 g/mol. The molecule has 1 aromatic carbocycles. The van der Waals surface area contributed by atoms with Crippen LogP contribution in [0.15, 0.2) is 18.2 Å². The van der Waals surface area contributed by atoms with Crippen molar-refractivity contribution in [3.05, 3.63) is 28.8 Å². The van der Waals surface area contributed by atoms with Crippen molar-refractivity contribution in [3.8, 4) is 0 Å². The Bertz CT molecular complexity index is 438. The number of alkyl halides is 1. The van der Waals surface area contributed by atoms with Crippen molar-refractivity contribution in [2.45, 2.75) is 24.2 Å². The van der Waals surface area contributed by atoms with E-state index < -0.39 is 0 Å². The van der Waals surface area contributed by atoms with Gasteiger partial charge >= 0.3 is 0 Å². The molecule has 2 fully saturated rings. The molecule has 1 atom stereocenters. The van der Waals surface area contributed by atoms with E-state index in [1.54, 1.807) is 0 Å². The number of hydrogen-bond donors (Lipinski definition) is 0. The van der Waals surface area contributed by atoms with Crippen molar-refractivity contribution < 1.29 is 0 Å². The molecule has 18 heavy (non-hydrogen) atoms. The quantitative estimate of drug-likeness (QED) is 0.766. The van der Waals surface area contributed by atoms with E-state index in [1.807, 2.05) is 6.07 Å². The van der Waals surface area contributed by atoms with Gasteiger partial charge < -0.3 is 4.90 Å². The van der Waals surface area contributed by atoms with Gasteiger partial charge in [0.1, 0.15) is 0 Å². The molecule has 2 aliphatic rings. The van der Waals surface area contributed by atoms with Crippen LogP contribution in [0, 0.1) is 0 Å².